The summed E-state index contributed by atoms with van der Waals surface area (Å²) in [6.07, 6.45) is 1.82. The van der Waals surface area contributed by atoms with E-state index < -0.39 is 6.10 Å². The Morgan fingerprint density at radius 2 is 1.50 bits per heavy atom. The van der Waals surface area contributed by atoms with Crippen LogP contribution in [0.5, 0.6) is 0 Å². The summed E-state index contributed by atoms with van der Waals surface area (Å²) in [6, 6.07) is 25.6. The highest BCUT2D eigenvalue weighted by Gasteiger charge is 2.21. The highest BCUT2D eigenvalue weighted by atomic mass is 16.3. The third kappa shape index (κ3) is 3.64. The Morgan fingerprint density at radius 3 is 2.10 bits per heavy atom. The Labute approximate surface area is 177 Å². The molecule has 0 fully saturated rings. The molecule has 1 aromatic heterocycles. The van der Waals surface area contributed by atoms with Crippen LogP contribution in [0.2, 0.25) is 0 Å². The van der Waals surface area contributed by atoms with E-state index in [4.69, 9.17) is 0 Å². The molecule has 0 saturated carbocycles. The lowest BCUT2D eigenvalue weighted by atomic mass is 10.2. The van der Waals surface area contributed by atoms with E-state index in [0.29, 0.717) is 13.1 Å². The maximum Gasteiger partial charge on any atom is 0.204 e. The van der Waals surface area contributed by atoms with E-state index in [1.807, 2.05) is 0 Å². The molecule has 1 aliphatic heterocycles. The SMILES string of the molecule is Cc1ccc([N+]2=CCN(CC(O)Cn3c4ccccc4c4ccccc43)CC2)cc1. The van der Waals surface area contributed by atoms with E-state index in [-0.39, 0.29) is 0 Å². The van der Waals surface area contributed by atoms with Gasteiger partial charge in [0, 0.05) is 40.5 Å². The van der Waals surface area contributed by atoms with Crippen molar-refractivity contribution in [1.82, 2.24) is 9.47 Å². The Bertz CT molecular complexity index is 1150. The van der Waals surface area contributed by atoms with Crippen molar-refractivity contribution >= 4 is 33.7 Å². The number of β-amino-alcohol motifs (C(OH)–C–C–N with tert-alkyl or cyclic N) is 1. The number of para-hydroxylation sites is 2. The zero-order chi connectivity index (χ0) is 20.5. The monoisotopic (exact) mass is 398 g/mol. The first kappa shape index (κ1) is 19.0. The fraction of sp³-hybridized carbons (Fsp3) is 0.269. The molecule has 1 atom stereocenters. The van der Waals surface area contributed by atoms with Crippen molar-refractivity contribution in [2.75, 3.05) is 26.2 Å². The number of nitrogens with zero attached hydrogens (tertiary/aromatic N) is 3. The first-order valence-corrected chi connectivity index (χ1v) is 10.7. The topological polar surface area (TPSA) is 31.4 Å². The van der Waals surface area contributed by atoms with Gasteiger partial charge >= 0.3 is 0 Å². The molecule has 4 aromatic rings. The maximum absolute atomic E-state index is 10.9. The number of hydrogen-bond donors (Lipinski definition) is 1. The van der Waals surface area contributed by atoms with Gasteiger partial charge in [0.05, 0.1) is 25.7 Å². The second-order valence-electron chi connectivity index (χ2n) is 8.27. The van der Waals surface area contributed by atoms with Gasteiger partial charge in [-0.1, -0.05) is 54.1 Å². The second-order valence-corrected chi connectivity index (χ2v) is 8.27. The van der Waals surface area contributed by atoms with E-state index in [9.17, 15) is 5.11 Å². The molecule has 1 aliphatic rings. The minimum absolute atomic E-state index is 0.413. The van der Waals surface area contributed by atoms with Crippen LogP contribution in [-0.4, -0.2) is 57.6 Å². The minimum atomic E-state index is -0.413. The molecule has 4 nitrogen and oxygen atoms in total. The lowest BCUT2D eigenvalue weighted by Gasteiger charge is -2.25. The van der Waals surface area contributed by atoms with Crippen molar-refractivity contribution in [3.05, 3.63) is 78.4 Å². The van der Waals surface area contributed by atoms with Crippen LogP contribution in [0.15, 0.2) is 72.8 Å². The third-order valence-corrected chi connectivity index (χ3v) is 6.13. The van der Waals surface area contributed by atoms with Crippen molar-refractivity contribution in [2.24, 2.45) is 0 Å². The third-order valence-electron chi connectivity index (χ3n) is 6.13. The van der Waals surface area contributed by atoms with Gasteiger partial charge in [-0.2, -0.15) is 0 Å². The van der Waals surface area contributed by atoms with E-state index >= 15 is 0 Å². The molecule has 5 rings (SSSR count). The number of aromatic nitrogens is 1. The standard InChI is InChI=1S/C26H28N3O/c1-20-10-12-21(13-11-20)28-16-14-27(15-17-28)18-22(30)19-29-25-8-4-2-6-23(25)24-7-3-5-9-26(24)29/h2-13,16,22,30H,14-15,17-19H2,1H3/q+1. The first-order chi connectivity index (χ1) is 14.7. The molecule has 2 heterocycles. The van der Waals surface area contributed by atoms with Gasteiger partial charge < -0.3 is 9.67 Å². The molecule has 0 spiro atoms. The lowest BCUT2D eigenvalue weighted by molar-refractivity contribution is -0.443. The Kier molecular flexibility index (Phi) is 5.11. The van der Waals surface area contributed by atoms with Crippen LogP contribution in [0.3, 0.4) is 0 Å². The summed E-state index contributed by atoms with van der Waals surface area (Å²) in [5, 5.41) is 13.4. The number of aryl methyl sites for hydroxylation is 1. The molecule has 0 saturated heterocycles. The number of aliphatic hydroxyl groups excluding tert-OH is 1. The number of hydrogen-bond acceptors (Lipinski definition) is 2. The van der Waals surface area contributed by atoms with Crippen LogP contribution >= 0.6 is 0 Å². The van der Waals surface area contributed by atoms with Crippen molar-refractivity contribution < 1.29 is 9.68 Å². The molecule has 0 amide bonds. The van der Waals surface area contributed by atoms with Gasteiger partial charge in [-0.3, -0.25) is 4.90 Å². The molecule has 1 N–H and O–H groups in total. The van der Waals surface area contributed by atoms with Gasteiger partial charge in [0.25, 0.3) is 0 Å². The quantitative estimate of drug-likeness (QED) is 0.511. The summed E-state index contributed by atoms with van der Waals surface area (Å²) in [5.41, 5.74) is 4.90. The second kappa shape index (κ2) is 8.05. The van der Waals surface area contributed by atoms with Crippen LogP contribution in [0.25, 0.3) is 21.8 Å². The summed E-state index contributed by atoms with van der Waals surface area (Å²) in [6.45, 7) is 6.16. The Hall–Kier alpha value is -2.95. The van der Waals surface area contributed by atoms with Crippen LogP contribution in [0.1, 0.15) is 5.56 Å². The van der Waals surface area contributed by atoms with Gasteiger partial charge in [0.1, 0.15) is 0 Å². The van der Waals surface area contributed by atoms with Crippen molar-refractivity contribution in [1.29, 1.82) is 0 Å². The van der Waals surface area contributed by atoms with E-state index in [1.54, 1.807) is 0 Å². The van der Waals surface area contributed by atoms with Crippen molar-refractivity contribution in [3.63, 3.8) is 0 Å². The Morgan fingerprint density at radius 1 is 0.867 bits per heavy atom. The molecule has 4 heteroatoms. The van der Waals surface area contributed by atoms with Gasteiger partial charge in [-0.05, 0) is 19.1 Å². The number of aliphatic hydroxyl groups is 1. The minimum Gasteiger partial charge on any atom is -0.390 e. The van der Waals surface area contributed by atoms with Gasteiger partial charge in [0.15, 0.2) is 12.8 Å². The van der Waals surface area contributed by atoms with Crippen molar-refractivity contribution in [2.45, 2.75) is 19.6 Å². The summed E-state index contributed by atoms with van der Waals surface area (Å²) in [4.78, 5) is 2.34. The summed E-state index contributed by atoms with van der Waals surface area (Å²) in [5.74, 6) is 0. The number of fused-ring (bicyclic) bond motifs is 3. The molecule has 152 valence electrons. The van der Waals surface area contributed by atoms with E-state index in [2.05, 4.69) is 100.0 Å². The molecular weight excluding hydrogens is 370 g/mol. The zero-order valence-electron chi connectivity index (χ0n) is 17.4. The van der Waals surface area contributed by atoms with E-state index in [0.717, 1.165) is 19.6 Å². The summed E-state index contributed by atoms with van der Waals surface area (Å²) in [7, 11) is 0. The smallest absolute Gasteiger partial charge is 0.204 e. The molecule has 3 aromatic carbocycles. The number of rotatable bonds is 5. The zero-order valence-corrected chi connectivity index (χ0v) is 17.4. The maximum atomic E-state index is 10.9. The van der Waals surface area contributed by atoms with Gasteiger partial charge in [-0.25, -0.2) is 4.58 Å². The van der Waals surface area contributed by atoms with Crippen LogP contribution < -0.4 is 0 Å². The fourth-order valence-electron chi connectivity index (χ4n) is 4.55. The normalized spacial score (nSPS) is 16.1. The Balaban J connectivity index is 1.30. The summed E-state index contributed by atoms with van der Waals surface area (Å²) < 4.78 is 4.58. The highest BCUT2D eigenvalue weighted by molar-refractivity contribution is 6.07. The van der Waals surface area contributed by atoms with Gasteiger partial charge in [0.2, 0.25) is 5.69 Å². The van der Waals surface area contributed by atoms with Crippen LogP contribution in [0, 0.1) is 6.92 Å². The first-order valence-electron chi connectivity index (χ1n) is 10.7. The number of benzene rings is 3. The van der Waals surface area contributed by atoms with Gasteiger partial charge in [-0.15, -0.1) is 0 Å². The molecular formula is C26H28N3O+. The largest absolute Gasteiger partial charge is 0.390 e. The predicted molar refractivity (Wildman–Crippen MR) is 124 cm³/mol. The van der Waals surface area contributed by atoms with E-state index in [1.165, 1.54) is 33.1 Å². The predicted octanol–water partition coefficient (Wildman–Crippen LogP) is 4.19. The molecule has 0 radical (unpaired) electrons. The average molecular weight is 399 g/mol. The average Bonchev–Trinajstić information content (AvgIpc) is 3.09. The van der Waals surface area contributed by atoms with Crippen LogP contribution in [0.4, 0.5) is 5.69 Å². The molecule has 30 heavy (non-hydrogen) atoms. The lowest BCUT2D eigenvalue weighted by Crippen LogP contribution is -2.43. The molecule has 0 aliphatic carbocycles. The fourth-order valence-corrected chi connectivity index (χ4v) is 4.55. The van der Waals surface area contributed by atoms with Crippen LogP contribution in [-0.2, 0) is 6.54 Å². The molecule has 1 unspecified atom stereocenters. The molecule has 0 bridgehead atoms. The highest BCUT2D eigenvalue weighted by Crippen LogP contribution is 2.29. The summed E-state index contributed by atoms with van der Waals surface area (Å²) >= 11 is 0. The van der Waals surface area contributed by atoms with Crippen molar-refractivity contribution in [3.8, 4) is 0 Å².